The molecule has 40 heavy (non-hydrogen) atoms. The predicted octanol–water partition coefficient (Wildman–Crippen LogP) is 5.16. The molecule has 2 atom stereocenters. The number of aromatic nitrogens is 2. The molecule has 2 aliphatic heterocycles. The first-order chi connectivity index (χ1) is 18.7. The standard InChI is InChI=1S/C27H24F6N4O3/c1-14(7-23-22(11-34-35-23)27(31,32)33)15-3-2-4-17(8-15)37-13-20-19(25(37)40)9-16(10-21(20)26(28,29)30)24(39)36-6-5-18(38)12-36/h2-4,8-11,14,18,38H,5-7,12-13H2,1H3,(H,34,35)/t14-,18+/m1/s1. The molecule has 1 fully saturated rings. The van der Waals surface area contributed by atoms with Crippen LogP contribution in [0.15, 0.2) is 42.6 Å². The number of hydrogen-bond acceptors (Lipinski definition) is 4. The van der Waals surface area contributed by atoms with Crippen molar-refractivity contribution >= 4 is 17.5 Å². The van der Waals surface area contributed by atoms with Gasteiger partial charge in [-0.3, -0.25) is 14.7 Å². The maximum atomic E-state index is 14.1. The molecule has 2 N–H and O–H groups in total. The molecule has 0 saturated carbocycles. The van der Waals surface area contributed by atoms with E-state index in [0.717, 1.165) is 23.2 Å². The van der Waals surface area contributed by atoms with Crippen molar-refractivity contribution in [3.05, 3.63) is 81.7 Å². The molecule has 3 aromatic rings. The Labute approximate surface area is 224 Å². The lowest BCUT2D eigenvalue weighted by Crippen LogP contribution is -2.30. The van der Waals surface area contributed by atoms with E-state index in [2.05, 4.69) is 10.2 Å². The normalized spacial score (nSPS) is 18.4. The molecule has 0 spiro atoms. The zero-order valence-electron chi connectivity index (χ0n) is 21.1. The Morgan fingerprint density at radius 2 is 1.85 bits per heavy atom. The number of anilines is 1. The average Bonchev–Trinajstić information content (AvgIpc) is 3.61. The van der Waals surface area contributed by atoms with Crippen LogP contribution in [0.25, 0.3) is 0 Å². The highest BCUT2D eigenvalue weighted by atomic mass is 19.4. The van der Waals surface area contributed by atoms with Gasteiger partial charge in [-0.25, -0.2) is 0 Å². The number of aliphatic hydroxyl groups excluding tert-OH is 1. The van der Waals surface area contributed by atoms with Crippen LogP contribution >= 0.6 is 0 Å². The second-order valence-electron chi connectivity index (χ2n) is 10.1. The summed E-state index contributed by atoms with van der Waals surface area (Å²) >= 11 is 0. The van der Waals surface area contributed by atoms with Crippen molar-refractivity contribution < 1.29 is 41.0 Å². The van der Waals surface area contributed by atoms with Crippen LogP contribution in [0.3, 0.4) is 0 Å². The number of alkyl halides is 6. The number of aromatic amines is 1. The maximum absolute atomic E-state index is 14.1. The van der Waals surface area contributed by atoms with Crippen molar-refractivity contribution in [3.8, 4) is 0 Å². The summed E-state index contributed by atoms with van der Waals surface area (Å²) in [5.74, 6) is -1.90. The van der Waals surface area contributed by atoms with Gasteiger partial charge >= 0.3 is 12.4 Å². The zero-order valence-corrected chi connectivity index (χ0v) is 21.1. The monoisotopic (exact) mass is 566 g/mol. The van der Waals surface area contributed by atoms with Gasteiger partial charge in [0.25, 0.3) is 11.8 Å². The second-order valence-corrected chi connectivity index (χ2v) is 10.1. The number of benzene rings is 2. The van der Waals surface area contributed by atoms with E-state index in [0.29, 0.717) is 12.0 Å². The lowest BCUT2D eigenvalue weighted by molar-refractivity contribution is -0.139. The van der Waals surface area contributed by atoms with E-state index in [1.807, 2.05) is 0 Å². The Bertz CT molecular complexity index is 1470. The van der Waals surface area contributed by atoms with Gasteiger partial charge in [-0.2, -0.15) is 31.4 Å². The largest absolute Gasteiger partial charge is 0.419 e. The molecule has 1 aromatic heterocycles. The van der Waals surface area contributed by atoms with Crippen molar-refractivity contribution in [1.82, 2.24) is 15.1 Å². The minimum absolute atomic E-state index is 0.00887. The van der Waals surface area contributed by atoms with Crippen molar-refractivity contribution in [2.24, 2.45) is 0 Å². The first-order valence-corrected chi connectivity index (χ1v) is 12.5. The van der Waals surface area contributed by atoms with Crippen molar-refractivity contribution in [2.45, 2.75) is 50.7 Å². The average molecular weight is 567 g/mol. The topological polar surface area (TPSA) is 89.5 Å². The summed E-state index contributed by atoms with van der Waals surface area (Å²) in [6, 6.07) is 8.21. The number of β-amino-alcohol motifs (C(OH)–C–C–N with tert-alkyl or cyclic N) is 1. The Hall–Kier alpha value is -3.87. The Morgan fingerprint density at radius 1 is 1.12 bits per heavy atom. The number of carbonyl (C=O) groups is 2. The van der Waals surface area contributed by atoms with Gasteiger partial charge in [-0.05, 0) is 54.2 Å². The van der Waals surface area contributed by atoms with Gasteiger partial charge in [-0.1, -0.05) is 19.1 Å². The molecule has 2 aromatic carbocycles. The van der Waals surface area contributed by atoms with Crippen LogP contribution in [-0.4, -0.2) is 51.2 Å². The molecule has 3 heterocycles. The summed E-state index contributed by atoms with van der Waals surface area (Å²) in [4.78, 5) is 28.7. The van der Waals surface area contributed by atoms with Crippen LogP contribution in [0, 0.1) is 0 Å². The minimum atomic E-state index is -4.84. The number of H-pyrrole nitrogens is 1. The van der Waals surface area contributed by atoms with Crippen LogP contribution in [0.2, 0.25) is 0 Å². The molecule has 0 unspecified atom stereocenters. The smallest absolute Gasteiger partial charge is 0.391 e. The van der Waals surface area contributed by atoms with Crippen LogP contribution in [0.1, 0.15) is 67.9 Å². The quantitative estimate of drug-likeness (QED) is 0.418. The number of rotatable bonds is 5. The van der Waals surface area contributed by atoms with Gasteiger partial charge < -0.3 is 14.9 Å². The highest BCUT2D eigenvalue weighted by Gasteiger charge is 2.42. The van der Waals surface area contributed by atoms with E-state index in [4.69, 9.17) is 0 Å². The Morgan fingerprint density at radius 3 is 2.50 bits per heavy atom. The molecular weight excluding hydrogens is 542 g/mol. The first kappa shape index (κ1) is 27.7. The van der Waals surface area contributed by atoms with Gasteiger partial charge in [0.1, 0.15) is 0 Å². The lowest BCUT2D eigenvalue weighted by atomic mass is 9.94. The summed E-state index contributed by atoms with van der Waals surface area (Å²) < 4.78 is 82.0. The number of nitrogens with one attached hydrogen (secondary N) is 1. The SMILES string of the molecule is C[C@H](Cc1n[nH]cc1C(F)(F)F)c1cccc(N2Cc3c(cc(C(=O)N4CC[C@H](O)C4)cc3C(F)(F)F)C2=O)c1. The Balaban J connectivity index is 1.44. The van der Waals surface area contributed by atoms with Crippen molar-refractivity contribution in [2.75, 3.05) is 18.0 Å². The number of aliphatic hydroxyl groups is 1. The van der Waals surface area contributed by atoms with Gasteiger partial charge in [0.2, 0.25) is 0 Å². The van der Waals surface area contributed by atoms with E-state index in [-0.39, 0.29) is 47.6 Å². The predicted molar refractivity (Wildman–Crippen MR) is 131 cm³/mol. The third-order valence-corrected chi connectivity index (χ3v) is 7.32. The van der Waals surface area contributed by atoms with Gasteiger partial charge in [0, 0.05) is 36.1 Å². The number of fused-ring (bicyclic) bond motifs is 1. The van der Waals surface area contributed by atoms with Crippen LogP contribution in [0.5, 0.6) is 0 Å². The molecule has 212 valence electrons. The third-order valence-electron chi connectivity index (χ3n) is 7.32. The fourth-order valence-electron chi connectivity index (χ4n) is 5.23. The van der Waals surface area contributed by atoms with E-state index < -0.39 is 53.9 Å². The first-order valence-electron chi connectivity index (χ1n) is 12.5. The minimum Gasteiger partial charge on any atom is -0.391 e. The van der Waals surface area contributed by atoms with E-state index >= 15 is 0 Å². The fourth-order valence-corrected chi connectivity index (χ4v) is 5.23. The number of hydrogen-bond donors (Lipinski definition) is 2. The fraction of sp³-hybridized carbons (Fsp3) is 0.370. The number of carbonyl (C=O) groups excluding carboxylic acids is 2. The molecule has 0 bridgehead atoms. The molecule has 2 amide bonds. The summed E-state index contributed by atoms with van der Waals surface area (Å²) in [7, 11) is 0. The van der Waals surface area contributed by atoms with Gasteiger partial charge in [0.15, 0.2) is 0 Å². The molecule has 1 saturated heterocycles. The third kappa shape index (κ3) is 5.17. The maximum Gasteiger partial charge on any atom is 0.419 e. The van der Waals surface area contributed by atoms with Crippen molar-refractivity contribution in [3.63, 3.8) is 0 Å². The van der Waals surface area contributed by atoms with E-state index in [1.165, 1.54) is 11.0 Å². The summed E-state index contributed by atoms with van der Waals surface area (Å²) in [6.45, 7) is 1.47. The second kappa shape index (κ2) is 9.95. The van der Waals surface area contributed by atoms with Crippen LogP contribution < -0.4 is 4.90 Å². The molecule has 13 heteroatoms. The molecule has 0 radical (unpaired) electrons. The number of likely N-dealkylation sites (tertiary alicyclic amines) is 1. The van der Waals surface area contributed by atoms with E-state index in [1.54, 1.807) is 25.1 Å². The molecule has 2 aliphatic rings. The van der Waals surface area contributed by atoms with Crippen molar-refractivity contribution in [1.29, 1.82) is 0 Å². The summed E-state index contributed by atoms with van der Waals surface area (Å²) in [5.41, 5.74) is -2.11. The van der Waals surface area contributed by atoms with Gasteiger partial charge in [0.05, 0.1) is 29.5 Å². The number of nitrogens with zero attached hydrogens (tertiary/aromatic N) is 3. The molecule has 5 rings (SSSR count). The summed E-state index contributed by atoms with van der Waals surface area (Å²) in [5, 5.41) is 15.7. The Kier molecular flexibility index (Phi) is 6.89. The van der Waals surface area contributed by atoms with E-state index in [9.17, 15) is 41.0 Å². The molecule has 0 aliphatic carbocycles. The molecule has 7 nitrogen and oxygen atoms in total. The number of amides is 2. The van der Waals surface area contributed by atoms with Crippen LogP contribution in [-0.2, 0) is 25.3 Å². The summed E-state index contributed by atoms with van der Waals surface area (Å²) in [6.07, 6.45) is -9.16. The highest BCUT2D eigenvalue weighted by Crippen LogP contribution is 2.40. The van der Waals surface area contributed by atoms with Gasteiger partial charge in [-0.15, -0.1) is 0 Å². The molecular formula is C27H24F6N4O3. The zero-order chi connectivity index (χ0) is 29.0. The highest BCUT2D eigenvalue weighted by molar-refractivity contribution is 6.11. The van der Waals surface area contributed by atoms with Crippen LogP contribution in [0.4, 0.5) is 32.0 Å². The lowest BCUT2D eigenvalue weighted by Gasteiger charge is -2.19. The number of halogens is 6.